The van der Waals surface area contributed by atoms with Gasteiger partial charge in [-0.1, -0.05) is 0 Å². The molecule has 2 aromatic heterocycles. The topological polar surface area (TPSA) is 41.9 Å². The fourth-order valence-electron chi connectivity index (χ4n) is 2.28. The van der Waals surface area contributed by atoms with E-state index < -0.39 is 0 Å². The molecule has 0 saturated carbocycles. The van der Waals surface area contributed by atoms with E-state index in [-0.39, 0.29) is 0 Å². The first-order valence-electron chi connectivity index (χ1n) is 6.15. The first-order chi connectivity index (χ1) is 8.70. The Bertz CT molecular complexity index is 564. The molecule has 0 N–H and O–H groups in total. The summed E-state index contributed by atoms with van der Waals surface area (Å²) in [5.74, 6) is 0.873. The minimum Gasteiger partial charge on any atom is -0.292 e. The van der Waals surface area contributed by atoms with Crippen LogP contribution in [0.25, 0.3) is 0 Å². The van der Waals surface area contributed by atoms with Crippen molar-refractivity contribution in [2.75, 3.05) is 6.54 Å². The molecule has 94 valence electrons. The van der Waals surface area contributed by atoms with Crippen LogP contribution < -0.4 is 0 Å². The lowest BCUT2D eigenvalue weighted by molar-refractivity contribution is 0.242. The van der Waals surface area contributed by atoms with Crippen LogP contribution in [-0.4, -0.2) is 26.4 Å². The molecule has 1 aliphatic heterocycles. The third kappa shape index (κ3) is 2.42. The summed E-state index contributed by atoms with van der Waals surface area (Å²) < 4.78 is 0. The molecule has 0 aliphatic carbocycles. The van der Waals surface area contributed by atoms with Gasteiger partial charge in [0.15, 0.2) is 0 Å². The van der Waals surface area contributed by atoms with Gasteiger partial charge in [-0.15, -0.1) is 11.3 Å². The third-order valence-corrected chi connectivity index (χ3v) is 4.11. The number of rotatable bonds is 2. The van der Waals surface area contributed by atoms with Crippen LogP contribution in [0.5, 0.6) is 0 Å². The van der Waals surface area contributed by atoms with Crippen LogP contribution in [0.2, 0.25) is 0 Å². The van der Waals surface area contributed by atoms with Crippen LogP contribution in [0.3, 0.4) is 0 Å². The van der Waals surface area contributed by atoms with Gasteiger partial charge < -0.3 is 0 Å². The average molecular weight is 260 g/mol. The predicted octanol–water partition coefficient (Wildman–Crippen LogP) is 2.11. The molecule has 3 rings (SSSR count). The Morgan fingerprint density at radius 1 is 1.33 bits per heavy atom. The maximum Gasteiger partial charge on any atom is 0.125 e. The van der Waals surface area contributed by atoms with Gasteiger partial charge in [0.1, 0.15) is 10.8 Å². The van der Waals surface area contributed by atoms with E-state index in [0.29, 0.717) is 0 Å². The number of thiazole rings is 1. The van der Waals surface area contributed by atoms with Gasteiger partial charge in [-0.3, -0.25) is 4.90 Å². The fraction of sp³-hybridized carbons (Fsp3) is 0.462. The maximum atomic E-state index is 4.52. The minimum atomic E-state index is 0.873. The third-order valence-electron chi connectivity index (χ3n) is 3.16. The first kappa shape index (κ1) is 11.7. The molecule has 0 radical (unpaired) electrons. The van der Waals surface area contributed by atoms with E-state index in [2.05, 4.69) is 25.2 Å². The zero-order chi connectivity index (χ0) is 12.5. The zero-order valence-corrected chi connectivity index (χ0v) is 11.5. The molecule has 0 aromatic carbocycles. The van der Waals surface area contributed by atoms with Gasteiger partial charge >= 0.3 is 0 Å². The zero-order valence-electron chi connectivity index (χ0n) is 10.7. The van der Waals surface area contributed by atoms with Gasteiger partial charge in [0, 0.05) is 48.0 Å². The van der Waals surface area contributed by atoms with Crippen LogP contribution >= 0.6 is 11.3 Å². The van der Waals surface area contributed by atoms with Gasteiger partial charge in [-0.2, -0.15) is 0 Å². The van der Waals surface area contributed by atoms with E-state index in [0.717, 1.165) is 37.6 Å². The summed E-state index contributed by atoms with van der Waals surface area (Å²) in [5, 5.41) is 3.31. The highest BCUT2D eigenvalue weighted by Crippen LogP contribution is 2.19. The summed E-state index contributed by atoms with van der Waals surface area (Å²) in [6.07, 6.45) is 2.99. The van der Waals surface area contributed by atoms with Gasteiger partial charge in [0.2, 0.25) is 0 Å². The Labute approximate surface area is 111 Å². The van der Waals surface area contributed by atoms with Crippen molar-refractivity contribution in [3.05, 3.63) is 39.4 Å². The average Bonchev–Trinajstić information content (AvgIpc) is 2.75. The second kappa shape index (κ2) is 4.74. The van der Waals surface area contributed by atoms with Crippen molar-refractivity contribution in [2.45, 2.75) is 33.4 Å². The molecular formula is C13H16N4S. The van der Waals surface area contributed by atoms with Crippen LogP contribution in [-0.2, 0) is 19.5 Å². The molecule has 18 heavy (non-hydrogen) atoms. The highest BCUT2D eigenvalue weighted by molar-refractivity contribution is 7.09. The highest BCUT2D eigenvalue weighted by atomic mass is 32.1. The van der Waals surface area contributed by atoms with Crippen molar-refractivity contribution in [3.63, 3.8) is 0 Å². The first-order valence-corrected chi connectivity index (χ1v) is 7.03. The molecule has 4 nitrogen and oxygen atoms in total. The molecule has 5 heteroatoms. The summed E-state index contributed by atoms with van der Waals surface area (Å²) in [7, 11) is 0. The Kier molecular flexibility index (Phi) is 3.09. The summed E-state index contributed by atoms with van der Waals surface area (Å²) in [5.41, 5.74) is 3.60. The highest BCUT2D eigenvalue weighted by Gasteiger charge is 2.18. The summed E-state index contributed by atoms with van der Waals surface area (Å²) >= 11 is 1.74. The molecule has 0 unspecified atom stereocenters. The lowest BCUT2D eigenvalue weighted by Crippen LogP contribution is -2.31. The number of nitrogens with zero attached hydrogens (tertiary/aromatic N) is 4. The van der Waals surface area contributed by atoms with Crippen molar-refractivity contribution in [1.82, 2.24) is 19.9 Å². The van der Waals surface area contributed by atoms with Gasteiger partial charge in [-0.05, 0) is 13.8 Å². The van der Waals surface area contributed by atoms with E-state index in [4.69, 9.17) is 0 Å². The quantitative estimate of drug-likeness (QED) is 0.829. The summed E-state index contributed by atoms with van der Waals surface area (Å²) in [6, 6.07) is 0. The number of hydrogen-bond donors (Lipinski definition) is 0. The standard InChI is InChI=1S/C13H16N4S/c1-9-8-18-13(15-9)7-17-4-3-12-11(6-17)5-14-10(2)16-12/h5,8H,3-4,6-7H2,1-2H3. The van der Waals surface area contributed by atoms with Crippen molar-refractivity contribution < 1.29 is 0 Å². The lowest BCUT2D eigenvalue weighted by atomic mass is 10.1. The molecule has 0 bridgehead atoms. The summed E-state index contributed by atoms with van der Waals surface area (Å²) in [4.78, 5) is 15.7. The van der Waals surface area contributed by atoms with E-state index >= 15 is 0 Å². The minimum absolute atomic E-state index is 0.873. The largest absolute Gasteiger partial charge is 0.292 e. The molecule has 0 atom stereocenters. The van der Waals surface area contributed by atoms with Gasteiger partial charge in [0.25, 0.3) is 0 Å². The van der Waals surface area contributed by atoms with Crippen molar-refractivity contribution >= 4 is 11.3 Å². The predicted molar refractivity (Wildman–Crippen MR) is 71.4 cm³/mol. The van der Waals surface area contributed by atoms with Gasteiger partial charge in [-0.25, -0.2) is 15.0 Å². The second-order valence-corrected chi connectivity index (χ2v) is 5.68. The molecule has 0 spiro atoms. The monoisotopic (exact) mass is 260 g/mol. The van der Waals surface area contributed by atoms with E-state index in [1.165, 1.54) is 16.3 Å². The Hall–Kier alpha value is -1.33. The Morgan fingerprint density at radius 3 is 3.00 bits per heavy atom. The Balaban J connectivity index is 1.73. The summed E-state index contributed by atoms with van der Waals surface area (Å²) in [6.45, 7) is 6.93. The molecule has 3 heterocycles. The second-order valence-electron chi connectivity index (χ2n) is 4.73. The molecule has 0 fully saturated rings. The maximum absolute atomic E-state index is 4.52. The fourth-order valence-corrected chi connectivity index (χ4v) is 3.09. The molecule has 0 amide bonds. The van der Waals surface area contributed by atoms with Crippen LogP contribution in [0.1, 0.15) is 27.8 Å². The number of hydrogen-bond acceptors (Lipinski definition) is 5. The number of aromatic nitrogens is 3. The molecular weight excluding hydrogens is 244 g/mol. The van der Waals surface area contributed by atoms with Crippen LogP contribution in [0.15, 0.2) is 11.6 Å². The lowest BCUT2D eigenvalue weighted by Gasteiger charge is -2.27. The SMILES string of the molecule is Cc1csc(CN2CCc3nc(C)ncc3C2)n1. The van der Waals surface area contributed by atoms with Crippen LogP contribution in [0.4, 0.5) is 0 Å². The van der Waals surface area contributed by atoms with Crippen molar-refractivity contribution in [1.29, 1.82) is 0 Å². The number of aryl methyl sites for hydroxylation is 2. The molecule has 1 aliphatic rings. The molecule has 0 saturated heterocycles. The molecule has 2 aromatic rings. The van der Waals surface area contributed by atoms with Crippen LogP contribution in [0, 0.1) is 13.8 Å². The Morgan fingerprint density at radius 2 is 2.22 bits per heavy atom. The van der Waals surface area contributed by atoms with Gasteiger partial charge in [0.05, 0.1) is 6.54 Å². The number of fused-ring (bicyclic) bond motifs is 1. The smallest absolute Gasteiger partial charge is 0.125 e. The normalized spacial score (nSPS) is 15.7. The van der Waals surface area contributed by atoms with E-state index in [1.54, 1.807) is 11.3 Å². The van der Waals surface area contributed by atoms with E-state index in [1.807, 2.05) is 20.0 Å². The van der Waals surface area contributed by atoms with Crippen molar-refractivity contribution in [3.8, 4) is 0 Å². The van der Waals surface area contributed by atoms with E-state index in [9.17, 15) is 0 Å². The van der Waals surface area contributed by atoms with Crippen molar-refractivity contribution in [2.24, 2.45) is 0 Å².